The summed E-state index contributed by atoms with van der Waals surface area (Å²) >= 11 is 0. The second kappa shape index (κ2) is 8.10. The normalized spacial score (nSPS) is 29.2. The van der Waals surface area contributed by atoms with E-state index in [1.165, 1.54) is 18.2 Å². The molecular formula is C20H28F2N4O. The van der Waals surface area contributed by atoms with E-state index in [9.17, 15) is 8.78 Å². The molecule has 0 spiro atoms. The van der Waals surface area contributed by atoms with Crippen molar-refractivity contribution in [1.29, 1.82) is 0 Å². The molecule has 1 N–H and O–H groups in total. The van der Waals surface area contributed by atoms with Gasteiger partial charge in [0.15, 0.2) is 5.96 Å². The van der Waals surface area contributed by atoms with E-state index in [0.29, 0.717) is 5.92 Å². The van der Waals surface area contributed by atoms with Gasteiger partial charge in [0.2, 0.25) is 0 Å². The molecule has 0 radical (unpaired) electrons. The number of benzene rings is 1. The van der Waals surface area contributed by atoms with Crippen LogP contribution < -0.4 is 5.32 Å². The van der Waals surface area contributed by atoms with Gasteiger partial charge in [-0.1, -0.05) is 6.07 Å². The number of rotatable bonds is 4. The molecule has 0 bridgehead atoms. The van der Waals surface area contributed by atoms with Crippen LogP contribution in [0.3, 0.4) is 0 Å². The lowest BCUT2D eigenvalue weighted by Gasteiger charge is -2.29. The van der Waals surface area contributed by atoms with E-state index in [0.717, 1.165) is 64.7 Å². The predicted molar refractivity (Wildman–Crippen MR) is 101 cm³/mol. The van der Waals surface area contributed by atoms with Gasteiger partial charge in [0.1, 0.15) is 11.6 Å². The third-order valence-corrected chi connectivity index (χ3v) is 5.89. The van der Waals surface area contributed by atoms with Crippen LogP contribution in [0.2, 0.25) is 0 Å². The number of halogens is 2. The topological polar surface area (TPSA) is 40.1 Å². The Kier molecular flexibility index (Phi) is 5.59. The van der Waals surface area contributed by atoms with Gasteiger partial charge in [-0.15, -0.1) is 0 Å². The molecule has 148 valence electrons. The fourth-order valence-electron chi connectivity index (χ4n) is 4.32. The average molecular weight is 378 g/mol. The number of ether oxygens (including phenoxy) is 1. The maximum atomic E-state index is 14.0. The van der Waals surface area contributed by atoms with E-state index in [1.807, 2.05) is 0 Å². The SMILES string of the molecule is CN=C(NC1CC1c1c(F)cccc1F)N1CCC(CN2CCOCC2)C1. The zero-order valence-corrected chi connectivity index (χ0v) is 15.8. The van der Waals surface area contributed by atoms with E-state index in [4.69, 9.17) is 4.74 Å². The molecule has 3 unspecified atom stereocenters. The first-order chi connectivity index (χ1) is 13.2. The number of likely N-dealkylation sites (tertiary alicyclic amines) is 1. The van der Waals surface area contributed by atoms with Crippen LogP contribution in [0, 0.1) is 17.6 Å². The fourth-order valence-corrected chi connectivity index (χ4v) is 4.32. The molecule has 2 heterocycles. The van der Waals surface area contributed by atoms with Gasteiger partial charge in [-0.25, -0.2) is 8.78 Å². The molecule has 27 heavy (non-hydrogen) atoms. The van der Waals surface area contributed by atoms with Crippen molar-refractivity contribution in [3.05, 3.63) is 35.4 Å². The Bertz CT molecular complexity index is 672. The second-order valence-corrected chi connectivity index (χ2v) is 7.79. The van der Waals surface area contributed by atoms with Crippen LogP contribution in [0.5, 0.6) is 0 Å². The molecule has 1 aromatic rings. The monoisotopic (exact) mass is 378 g/mol. The van der Waals surface area contributed by atoms with Crippen LogP contribution in [0.15, 0.2) is 23.2 Å². The van der Waals surface area contributed by atoms with Crippen molar-refractivity contribution < 1.29 is 13.5 Å². The molecule has 0 amide bonds. The number of hydrogen-bond donors (Lipinski definition) is 1. The maximum absolute atomic E-state index is 14.0. The number of guanidine groups is 1. The smallest absolute Gasteiger partial charge is 0.193 e. The van der Waals surface area contributed by atoms with E-state index < -0.39 is 11.6 Å². The Morgan fingerprint density at radius 3 is 2.67 bits per heavy atom. The van der Waals surface area contributed by atoms with Gasteiger partial charge >= 0.3 is 0 Å². The summed E-state index contributed by atoms with van der Waals surface area (Å²) < 4.78 is 33.4. The molecule has 1 aromatic carbocycles. The molecule has 3 aliphatic rings. The van der Waals surface area contributed by atoms with E-state index in [1.54, 1.807) is 7.05 Å². The molecule has 4 rings (SSSR count). The molecule has 3 fully saturated rings. The number of morpholine rings is 1. The predicted octanol–water partition coefficient (Wildman–Crippen LogP) is 2.05. The molecule has 0 aromatic heterocycles. The summed E-state index contributed by atoms with van der Waals surface area (Å²) in [5, 5.41) is 3.42. The molecule has 2 aliphatic heterocycles. The summed E-state index contributed by atoms with van der Waals surface area (Å²) in [7, 11) is 1.78. The highest BCUT2D eigenvalue weighted by Gasteiger charge is 2.43. The van der Waals surface area contributed by atoms with Crippen molar-refractivity contribution >= 4 is 5.96 Å². The summed E-state index contributed by atoms with van der Waals surface area (Å²) in [6.45, 7) is 6.74. The van der Waals surface area contributed by atoms with Crippen molar-refractivity contribution in [1.82, 2.24) is 15.1 Å². The third kappa shape index (κ3) is 4.24. The largest absolute Gasteiger partial charge is 0.379 e. The minimum Gasteiger partial charge on any atom is -0.379 e. The molecule has 2 saturated heterocycles. The molecule has 1 saturated carbocycles. The van der Waals surface area contributed by atoms with Crippen LogP contribution in [0.25, 0.3) is 0 Å². The number of nitrogens with one attached hydrogen (secondary N) is 1. The lowest BCUT2D eigenvalue weighted by molar-refractivity contribution is 0.0315. The second-order valence-electron chi connectivity index (χ2n) is 7.79. The summed E-state index contributed by atoms with van der Waals surface area (Å²) in [6.07, 6.45) is 1.88. The Morgan fingerprint density at radius 1 is 1.22 bits per heavy atom. The van der Waals surface area contributed by atoms with Crippen molar-refractivity contribution in [2.24, 2.45) is 10.9 Å². The van der Waals surface area contributed by atoms with Gasteiger partial charge in [-0.2, -0.15) is 0 Å². The van der Waals surface area contributed by atoms with Gasteiger partial charge in [-0.3, -0.25) is 9.89 Å². The zero-order chi connectivity index (χ0) is 18.8. The highest BCUT2D eigenvalue weighted by atomic mass is 19.1. The van der Waals surface area contributed by atoms with Crippen LogP contribution in [-0.2, 0) is 4.74 Å². The van der Waals surface area contributed by atoms with Crippen LogP contribution in [0.4, 0.5) is 8.78 Å². The Balaban J connectivity index is 1.30. The van der Waals surface area contributed by atoms with Gasteiger partial charge in [-0.05, 0) is 30.9 Å². The first-order valence-electron chi connectivity index (χ1n) is 9.88. The summed E-state index contributed by atoms with van der Waals surface area (Å²) in [5.41, 5.74) is 0.206. The highest BCUT2D eigenvalue weighted by Crippen LogP contribution is 2.43. The summed E-state index contributed by atoms with van der Waals surface area (Å²) in [5.74, 6) is 0.455. The standard InChI is InChI=1S/C20H28F2N4O/c1-23-20(24-18-11-15(18)19-16(21)3-2-4-17(19)22)26-6-5-14(13-26)12-25-7-9-27-10-8-25/h2-4,14-15,18H,5-13H2,1H3,(H,23,24). The van der Waals surface area contributed by atoms with Gasteiger partial charge in [0.05, 0.1) is 13.2 Å². The van der Waals surface area contributed by atoms with Gasteiger partial charge < -0.3 is 15.0 Å². The number of hydrogen-bond acceptors (Lipinski definition) is 3. The molecule has 1 aliphatic carbocycles. The first kappa shape index (κ1) is 18.6. The molecule has 5 nitrogen and oxygen atoms in total. The quantitative estimate of drug-likeness (QED) is 0.643. The summed E-state index contributed by atoms with van der Waals surface area (Å²) in [4.78, 5) is 9.17. The molecule has 3 atom stereocenters. The van der Waals surface area contributed by atoms with Crippen molar-refractivity contribution in [2.45, 2.75) is 24.8 Å². The number of nitrogens with zero attached hydrogens (tertiary/aromatic N) is 3. The van der Waals surface area contributed by atoms with Crippen molar-refractivity contribution in [3.63, 3.8) is 0 Å². The van der Waals surface area contributed by atoms with E-state index in [2.05, 4.69) is 20.1 Å². The maximum Gasteiger partial charge on any atom is 0.193 e. The minimum atomic E-state index is -0.453. The third-order valence-electron chi connectivity index (χ3n) is 5.89. The lowest BCUT2D eigenvalue weighted by Crippen LogP contribution is -2.43. The summed E-state index contributed by atoms with van der Waals surface area (Å²) in [6, 6.07) is 4.13. The van der Waals surface area contributed by atoms with Gasteiger partial charge in [0.25, 0.3) is 0 Å². The van der Waals surface area contributed by atoms with Crippen LogP contribution in [-0.4, -0.2) is 74.8 Å². The van der Waals surface area contributed by atoms with E-state index >= 15 is 0 Å². The Morgan fingerprint density at radius 2 is 1.96 bits per heavy atom. The van der Waals surface area contributed by atoms with E-state index in [-0.39, 0.29) is 17.5 Å². The van der Waals surface area contributed by atoms with Crippen LogP contribution >= 0.6 is 0 Å². The number of aliphatic imine (C=N–C) groups is 1. The Labute approximate surface area is 159 Å². The lowest BCUT2D eigenvalue weighted by atomic mass is 10.1. The van der Waals surface area contributed by atoms with Crippen molar-refractivity contribution in [3.8, 4) is 0 Å². The molecular weight excluding hydrogens is 350 g/mol. The minimum absolute atomic E-state index is 0.0494. The molecule has 7 heteroatoms. The van der Waals surface area contributed by atoms with Crippen molar-refractivity contribution in [2.75, 3.05) is 53.0 Å². The zero-order valence-electron chi connectivity index (χ0n) is 15.8. The Hall–Kier alpha value is -1.73. The highest BCUT2D eigenvalue weighted by molar-refractivity contribution is 5.81. The first-order valence-corrected chi connectivity index (χ1v) is 9.88. The van der Waals surface area contributed by atoms with Gasteiger partial charge in [0, 0.05) is 57.3 Å². The fraction of sp³-hybridized carbons (Fsp3) is 0.650. The van der Waals surface area contributed by atoms with Crippen LogP contribution in [0.1, 0.15) is 24.3 Å². The average Bonchev–Trinajstić information content (AvgIpc) is 3.26.